The molecular formula is C12H12ClN3O2. The summed E-state index contributed by atoms with van der Waals surface area (Å²) in [5.41, 5.74) is 0. The van der Waals surface area contributed by atoms with Crippen molar-refractivity contribution in [3.05, 3.63) is 41.1 Å². The summed E-state index contributed by atoms with van der Waals surface area (Å²) in [7, 11) is 0. The molecule has 5 nitrogen and oxygen atoms in total. The number of carbonyl (C=O) groups is 1. The fourth-order valence-electron chi connectivity index (χ4n) is 1.65. The van der Waals surface area contributed by atoms with Crippen LogP contribution in [0.5, 0.6) is 0 Å². The molecule has 0 radical (unpaired) electrons. The fourth-order valence-corrected chi connectivity index (χ4v) is 1.81. The van der Waals surface area contributed by atoms with Gasteiger partial charge < -0.3 is 9.73 Å². The van der Waals surface area contributed by atoms with Crippen molar-refractivity contribution in [2.24, 2.45) is 0 Å². The van der Waals surface area contributed by atoms with Crippen LogP contribution >= 0.6 is 11.6 Å². The molecule has 94 valence electrons. The summed E-state index contributed by atoms with van der Waals surface area (Å²) in [5.74, 6) is 0.869. The predicted octanol–water partition coefficient (Wildman–Crippen LogP) is 2.07. The summed E-state index contributed by atoms with van der Waals surface area (Å²) in [6, 6.07) is 3.78. The van der Waals surface area contributed by atoms with Crippen LogP contribution in [0.3, 0.4) is 0 Å². The molecule has 0 bridgehead atoms. The zero-order valence-electron chi connectivity index (χ0n) is 9.60. The van der Waals surface area contributed by atoms with Gasteiger partial charge in [0, 0.05) is 12.2 Å². The van der Waals surface area contributed by atoms with E-state index in [2.05, 4.69) is 10.4 Å². The van der Waals surface area contributed by atoms with Crippen LogP contribution in [0, 0.1) is 0 Å². The lowest BCUT2D eigenvalue weighted by atomic mass is 10.4. The zero-order valence-corrected chi connectivity index (χ0v) is 10.4. The van der Waals surface area contributed by atoms with Crippen LogP contribution in [0.25, 0.3) is 0 Å². The molecule has 1 saturated carbocycles. The van der Waals surface area contributed by atoms with Crippen LogP contribution in [0.4, 0.5) is 0 Å². The highest BCUT2D eigenvalue weighted by Crippen LogP contribution is 2.20. The first-order valence-corrected chi connectivity index (χ1v) is 6.16. The molecule has 0 unspecified atom stereocenters. The van der Waals surface area contributed by atoms with Crippen LogP contribution in [0.15, 0.2) is 28.9 Å². The maximum Gasteiger partial charge on any atom is 0.287 e. The average Bonchev–Trinajstić information content (AvgIpc) is 2.87. The number of furan rings is 1. The van der Waals surface area contributed by atoms with Gasteiger partial charge in [-0.25, -0.2) is 0 Å². The first kappa shape index (κ1) is 11.3. The largest absolute Gasteiger partial charge is 0.454 e. The van der Waals surface area contributed by atoms with E-state index in [4.69, 9.17) is 16.0 Å². The highest BCUT2D eigenvalue weighted by molar-refractivity contribution is 6.30. The first-order valence-electron chi connectivity index (χ1n) is 5.78. The van der Waals surface area contributed by atoms with Crippen molar-refractivity contribution in [1.82, 2.24) is 15.1 Å². The maximum absolute atomic E-state index is 11.7. The van der Waals surface area contributed by atoms with Crippen LogP contribution in [0.1, 0.15) is 29.2 Å². The number of aromatic nitrogens is 2. The minimum Gasteiger partial charge on any atom is -0.454 e. The number of hydrogen-bond acceptors (Lipinski definition) is 3. The van der Waals surface area contributed by atoms with Gasteiger partial charge in [0.05, 0.1) is 17.8 Å². The second-order valence-electron chi connectivity index (χ2n) is 4.37. The van der Waals surface area contributed by atoms with Crippen LogP contribution in [-0.4, -0.2) is 21.7 Å². The Balaban J connectivity index is 1.66. The summed E-state index contributed by atoms with van der Waals surface area (Å²) in [6.07, 6.45) is 5.38. The van der Waals surface area contributed by atoms with E-state index in [9.17, 15) is 4.79 Å². The Bertz CT molecular complexity index is 571. The highest BCUT2D eigenvalue weighted by atomic mass is 35.5. The number of halogens is 1. The molecule has 6 heteroatoms. The summed E-state index contributed by atoms with van der Waals surface area (Å²) < 4.78 is 7.13. The number of nitrogens with zero attached hydrogens (tertiary/aromatic N) is 2. The van der Waals surface area contributed by atoms with Crippen molar-refractivity contribution in [3.63, 3.8) is 0 Å². The molecular weight excluding hydrogens is 254 g/mol. The van der Waals surface area contributed by atoms with Gasteiger partial charge in [0.1, 0.15) is 5.76 Å². The van der Waals surface area contributed by atoms with E-state index < -0.39 is 0 Å². The third kappa shape index (κ3) is 2.56. The third-order valence-corrected chi connectivity index (χ3v) is 2.91. The van der Waals surface area contributed by atoms with Crippen molar-refractivity contribution >= 4 is 17.5 Å². The maximum atomic E-state index is 11.7. The van der Waals surface area contributed by atoms with Gasteiger partial charge in [-0.2, -0.15) is 5.10 Å². The van der Waals surface area contributed by atoms with Gasteiger partial charge in [0.15, 0.2) is 5.76 Å². The second kappa shape index (κ2) is 4.49. The Kier molecular flexibility index (Phi) is 2.83. The molecule has 0 spiro atoms. The van der Waals surface area contributed by atoms with Crippen molar-refractivity contribution in [2.45, 2.75) is 25.4 Å². The van der Waals surface area contributed by atoms with E-state index in [0.29, 0.717) is 29.1 Å². The molecule has 0 aromatic carbocycles. The molecule has 0 atom stereocenters. The molecule has 2 aromatic rings. The predicted molar refractivity (Wildman–Crippen MR) is 65.5 cm³/mol. The van der Waals surface area contributed by atoms with E-state index in [0.717, 1.165) is 12.8 Å². The lowest BCUT2D eigenvalue weighted by Crippen LogP contribution is -2.24. The quantitative estimate of drug-likeness (QED) is 0.921. The molecule has 0 aliphatic heterocycles. The Hall–Kier alpha value is -1.75. The van der Waals surface area contributed by atoms with Gasteiger partial charge in [-0.05, 0) is 25.0 Å². The Morgan fingerprint density at radius 2 is 2.39 bits per heavy atom. The molecule has 18 heavy (non-hydrogen) atoms. The minimum absolute atomic E-state index is 0.151. The normalized spacial score (nSPS) is 14.7. The Labute approximate surface area is 109 Å². The van der Waals surface area contributed by atoms with Crippen molar-refractivity contribution in [1.29, 1.82) is 0 Å². The zero-order chi connectivity index (χ0) is 12.5. The van der Waals surface area contributed by atoms with E-state index in [1.807, 2.05) is 0 Å². The van der Waals surface area contributed by atoms with Gasteiger partial charge in [-0.15, -0.1) is 0 Å². The average molecular weight is 266 g/mol. The van der Waals surface area contributed by atoms with Crippen LogP contribution in [-0.2, 0) is 6.54 Å². The number of rotatable bonds is 4. The van der Waals surface area contributed by atoms with Crippen molar-refractivity contribution < 1.29 is 9.21 Å². The standard InChI is InChI=1S/C12H12ClN3O2/c13-8-5-14-16(6-8)7-10-3-4-11(18-10)12(17)15-9-1-2-9/h3-6,9H,1-2,7H2,(H,15,17). The molecule has 3 rings (SSSR count). The third-order valence-electron chi connectivity index (χ3n) is 2.72. The molecule has 1 fully saturated rings. The summed E-state index contributed by atoms with van der Waals surface area (Å²) in [4.78, 5) is 11.7. The summed E-state index contributed by atoms with van der Waals surface area (Å²) in [6.45, 7) is 0.462. The highest BCUT2D eigenvalue weighted by Gasteiger charge is 2.25. The van der Waals surface area contributed by atoms with Gasteiger partial charge in [0.25, 0.3) is 5.91 Å². The van der Waals surface area contributed by atoms with Gasteiger partial charge in [-0.3, -0.25) is 9.48 Å². The van der Waals surface area contributed by atoms with E-state index in [1.54, 1.807) is 29.2 Å². The molecule has 1 amide bonds. The van der Waals surface area contributed by atoms with Gasteiger partial charge in [0.2, 0.25) is 0 Å². The van der Waals surface area contributed by atoms with E-state index >= 15 is 0 Å². The molecule has 2 heterocycles. The van der Waals surface area contributed by atoms with Gasteiger partial charge >= 0.3 is 0 Å². The Morgan fingerprint density at radius 3 is 3.06 bits per heavy atom. The number of hydrogen-bond donors (Lipinski definition) is 1. The Morgan fingerprint density at radius 1 is 1.56 bits per heavy atom. The molecule has 0 saturated heterocycles. The number of amides is 1. The molecule has 1 aliphatic carbocycles. The van der Waals surface area contributed by atoms with E-state index in [1.165, 1.54) is 0 Å². The monoisotopic (exact) mass is 265 g/mol. The van der Waals surface area contributed by atoms with E-state index in [-0.39, 0.29) is 5.91 Å². The van der Waals surface area contributed by atoms with Crippen molar-refractivity contribution in [3.8, 4) is 0 Å². The molecule has 1 aliphatic rings. The van der Waals surface area contributed by atoms with Crippen LogP contribution in [0.2, 0.25) is 5.02 Å². The smallest absolute Gasteiger partial charge is 0.287 e. The topological polar surface area (TPSA) is 60.1 Å². The van der Waals surface area contributed by atoms with Crippen molar-refractivity contribution in [2.75, 3.05) is 0 Å². The second-order valence-corrected chi connectivity index (χ2v) is 4.81. The van der Waals surface area contributed by atoms with Gasteiger partial charge in [-0.1, -0.05) is 11.6 Å². The fraction of sp³-hybridized carbons (Fsp3) is 0.333. The molecule has 2 aromatic heterocycles. The molecule has 1 N–H and O–H groups in total. The minimum atomic E-state index is -0.151. The summed E-state index contributed by atoms with van der Waals surface area (Å²) in [5, 5.41) is 7.50. The lowest BCUT2D eigenvalue weighted by molar-refractivity contribution is 0.0921. The summed E-state index contributed by atoms with van der Waals surface area (Å²) >= 11 is 5.77. The first-order chi connectivity index (χ1) is 8.70. The SMILES string of the molecule is O=C(NC1CC1)c1ccc(Cn2cc(Cl)cn2)o1. The number of nitrogens with one attached hydrogen (secondary N) is 1. The van der Waals surface area contributed by atoms with Crippen LogP contribution < -0.4 is 5.32 Å². The lowest BCUT2D eigenvalue weighted by Gasteiger charge is -1.99. The number of carbonyl (C=O) groups excluding carboxylic acids is 1.